The lowest BCUT2D eigenvalue weighted by Crippen LogP contribution is -2.49. The van der Waals surface area contributed by atoms with Gasteiger partial charge in [-0.05, 0) is 29.3 Å². The van der Waals surface area contributed by atoms with Crippen molar-refractivity contribution in [1.82, 2.24) is 14.8 Å². The van der Waals surface area contributed by atoms with Crippen molar-refractivity contribution in [2.75, 3.05) is 18.1 Å². The predicted molar refractivity (Wildman–Crippen MR) is 101 cm³/mol. The van der Waals surface area contributed by atoms with E-state index < -0.39 is 0 Å². The normalized spacial score (nSPS) is 17.7. The van der Waals surface area contributed by atoms with Crippen LogP contribution in [0.2, 0.25) is 0 Å². The molecule has 1 saturated heterocycles. The summed E-state index contributed by atoms with van der Waals surface area (Å²) in [6.07, 6.45) is 2.49. The van der Waals surface area contributed by atoms with Gasteiger partial charge in [0.25, 0.3) is 5.91 Å². The molecule has 0 spiro atoms. The smallest absolute Gasteiger partial charge is 0.258 e. The van der Waals surface area contributed by atoms with Crippen LogP contribution in [0.1, 0.15) is 27.3 Å². The van der Waals surface area contributed by atoms with Gasteiger partial charge in [0.15, 0.2) is 0 Å². The average Bonchev–Trinajstić information content (AvgIpc) is 3.22. The molecule has 6 nitrogen and oxygen atoms in total. The molecule has 1 fully saturated rings. The Morgan fingerprint density at radius 2 is 2.00 bits per heavy atom. The molecule has 136 valence electrons. The molecule has 3 aromatic rings. The molecular weight excluding hydrogens is 340 g/mol. The molecule has 2 aliphatic rings. The number of benzene rings is 2. The standard InChI is InChI=1S/C21H20N4O2/c1-24-14-22-23-19(24)10-21(12-27-13-21)16-6-4-7-17(9-16)25-11-15-5-2-3-8-18(15)20(25)26/h2-9,14H,10-13H2,1H3. The van der Waals surface area contributed by atoms with Gasteiger partial charge in [0.05, 0.1) is 19.8 Å². The SMILES string of the molecule is Cn1cnnc1CC1(c2cccc(N3Cc4ccccc4C3=O)c2)COC1. The van der Waals surface area contributed by atoms with Crippen molar-refractivity contribution < 1.29 is 9.53 Å². The monoisotopic (exact) mass is 360 g/mol. The number of ether oxygens (including phenoxy) is 1. The van der Waals surface area contributed by atoms with Gasteiger partial charge >= 0.3 is 0 Å². The van der Waals surface area contributed by atoms with E-state index in [1.165, 1.54) is 5.56 Å². The van der Waals surface area contributed by atoms with Gasteiger partial charge in [0.2, 0.25) is 0 Å². The summed E-state index contributed by atoms with van der Waals surface area (Å²) in [6, 6.07) is 16.1. The summed E-state index contributed by atoms with van der Waals surface area (Å²) in [4.78, 5) is 14.7. The lowest BCUT2D eigenvalue weighted by molar-refractivity contribution is -0.0611. The molecule has 0 atom stereocenters. The minimum absolute atomic E-state index is 0.0648. The summed E-state index contributed by atoms with van der Waals surface area (Å²) in [5.74, 6) is 1.00. The number of hydrogen-bond acceptors (Lipinski definition) is 4. The summed E-state index contributed by atoms with van der Waals surface area (Å²) in [5, 5.41) is 8.23. The van der Waals surface area contributed by atoms with Gasteiger partial charge in [-0.25, -0.2) is 0 Å². The molecule has 1 aromatic heterocycles. The number of amides is 1. The Kier molecular flexibility index (Phi) is 3.62. The molecule has 0 aliphatic carbocycles. The van der Waals surface area contributed by atoms with Crippen molar-refractivity contribution >= 4 is 11.6 Å². The van der Waals surface area contributed by atoms with E-state index >= 15 is 0 Å². The first-order valence-electron chi connectivity index (χ1n) is 9.07. The maximum absolute atomic E-state index is 12.8. The third-order valence-corrected chi connectivity index (χ3v) is 5.65. The first kappa shape index (κ1) is 16.2. The number of carbonyl (C=O) groups excluding carboxylic acids is 1. The van der Waals surface area contributed by atoms with Crippen LogP contribution >= 0.6 is 0 Å². The van der Waals surface area contributed by atoms with Crippen molar-refractivity contribution in [2.45, 2.75) is 18.4 Å². The zero-order chi connectivity index (χ0) is 18.4. The van der Waals surface area contributed by atoms with Crippen LogP contribution in [0.3, 0.4) is 0 Å². The third-order valence-electron chi connectivity index (χ3n) is 5.65. The maximum Gasteiger partial charge on any atom is 0.258 e. The Hall–Kier alpha value is -2.99. The summed E-state index contributed by atoms with van der Waals surface area (Å²) in [6.45, 7) is 1.92. The van der Waals surface area contributed by atoms with Gasteiger partial charge in [-0.3, -0.25) is 4.79 Å². The molecule has 6 heteroatoms. The molecule has 5 rings (SSSR count). The Balaban J connectivity index is 1.47. The molecule has 0 saturated carbocycles. The van der Waals surface area contributed by atoms with Crippen molar-refractivity contribution in [1.29, 1.82) is 0 Å². The van der Waals surface area contributed by atoms with Crippen LogP contribution < -0.4 is 4.90 Å². The number of nitrogens with zero attached hydrogens (tertiary/aromatic N) is 4. The second-order valence-corrected chi connectivity index (χ2v) is 7.41. The topological polar surface area (TPSA) is 60.2 Å². The highest BCUT2D eigenvalue weighted by atomic mass is 16.5. The molecule has 3 heterocycles. The van der Waals surface area contributed by atoms with Crippen LogP contribution in [0.25, 0.3) is 0 Å². The lowest BCUT2D eigenvalue weighted by atomic mass is 9.75. The molecular formula is C21H20N4O2. The number of hydrogen-bond donors (Lipinski definition) is 0. The number of fused-ring (bicyclic) bond motifs is 1. The van der Waals surface area contributed by atoms with Crippen molar-refractivity contribution in [3.63, 3.8) is 0 Å². The number of aromatic nitrogens is 3. The van der Waals surface area contributed by atoms with E-state index in [0.29, 0.717) is 19.8 Å². The molecule has 1 amide bonds. The summed E-state index contributed by atoms with van der Waals surface area (Å²) in [5.41, 5.74) is 3.86. The quantitative estimate of drug-likeness (QED) is 0.717. The van der Waals surface area contributed by atoms with E-state index in [-0.39, 0.29) is 11.3 Å². The number of rotatable bonds is 4. The Morgan fingerprint density at radius 3 is 2.70 bits per heavy atom. The Bertz CT molecular complexity index is 1020. The number of carbonyl (C=O) groups is 1. The van der Waals surface area contributed by atoms with Gasteiger partial charge in [-0.15, -0.1) is 10.2 Å². The Labute approximate surface area is 157 Å². The average molecular weight is 360 g/mol. The van der Waals surface area contributed by atoms with Crippen molar-refractivity contribution in [3.05, 3.63) is 77.4 Å². The first-order valence-corrected chi connectivity index (χ1v) is 9.07. The summed E-state index contributed by atoms with van der Waals surface area (Å²) < 4.78 is 7.53. The summed E-state index contributed by atoms with van der Waals surface area (Å²) >= 11 is 0. The minimum Gasteiger partial charge on any atom is -0.379 e. The first-order chi connectivity index (χ1) is 13.2. The van der Waals surface area contributed by atoms with Crippen LogP contribution in [0.15, 0.2) is 54.9 Å². The highest BCUT2D eigenvalue weighted by Crippen LogP contribution is 2.38. The number of aryl methyl sites for hydroxylation is 1. The van der Waals surface area contributed by atoms with Crippen molar-refractivity contribution in [2.24, 2.45) is 7.05 Å². The second-order valence-electron chi connectivity index (χ2n) is 7.41. The van der Waals surface area contributed by atoms with E-state index in [4.69, 9.17) is 4.74 Å². The highest BCUT2D eigenvalue weighted by molar-refractivity contribution is 6.10. The van der Waals surface area contributed by atoms with E-state index in [9.17, 15) is 4.79 Å². The fraction of sp³-hybridized carbons (Fsp3) is 0.286. The largest absolute Gasteiger partial charge is 0.379 e. The Morgan fingerprint density at radius 1 is 1.15 bits per heavy atom. The van der Waals surface area contributed by atoms with Crippen LogP contribution in [-0.2, 0) is 30.2 Å². The highest BCUT2D eigenvalue weighted by Gasteiger charge is 2.42. The minimum atomic E-state index is -0.119. The fourth-order valence-electron chi connectivity index (χ4n) is 3.96. The van der Waals surface area contributed by atoms with E-state index in [0.717, 1.165) is 29.1 Å². The fourth-order valence-corrected chi connectivity index (χ4v) is 3.96. The van der Waals surface area contributed by atoms with E-state index in [2.05, 4.69) is 22.3 Å². The zero-order valence-corrected chi connectivity index (χ0v) is 15.1. The second kappa shape index (κ2) is 6.03. The van der Waals surface area contributed by atoms with Crippen LogP contribution in [-0.4, -0.2) is 33.9 Å². The van der Waals surface area contributed by atoms with Crippen molar-refractivity contribution in [3.8, 4) is 0 Å². The molecule has 2 aliphatic heterocycles. The van der Waals surface area contributed by atoms with Crippen LogP contribution in [0.5, 0.6) is 0 Å². The van der Waals surface area contributed by atoms with Crippen LogP contribution in [0, 0.1) is 0 Å². The third kappa shape index (κ3) is 2.56. The zero-order valence-electron chi connectivity index (χ0n) is 15.1. The van der Waals surface area contributed by atoms with Gasteiger partial charge in [-0.1, -0.05) is 30.3 Å². The van der Waals surface area contributed by atoms with Gasteiger partial charge in [0.1, 0.15) is 12.2 Å². The number of anilines is 1. The maximum atomic E-state index is 12.8. The predicted octanol–water partition coefficient (Wildman–Crippen LogP) is 2.49. The lowest BCUT2D eigenvalue weighted by Gasteiger charge is -2.42. The molecule has 0 N–H and O–H groups in total. The van der Waals surface area contributed by atoms with Gasteiger partial charge in [-0.2, -0.15) is 0 Å². The molecule has 27 heavy (non-hydrogen) atoms. The summed E-state index contributed by atoms with van der Waals surface area (Å²) in [7, 11) is 1.96. The van der Waals surface area contributed by atoms with E-state index in [1.807, 2.05) is 52.9 Å². The van der Waals surface area contributed by atoms with Crippen LogP contribution in [0.4, 0.5) is 5.69 Å². The molecule has 0 bridgehead atoms. The molecule has 2 aromatic carbocycles. The van der Waals surface area contributed by atoms with E-state index in [1.54, 1.807) is 6.33 Å². The van der Waals surface area contributed by atoms with Gasteiger partial charge < -0.3 is 14.2 Å². The van der Waals surface area contributed by atoms with Gasteiger partial charge in [0, 0.05) is 30.1 Å². The molecule has 0 radical (unpaired) electrons. The molecule has 0 unspecified atom stereocenters.